The molecule has 0 aromatic heterocycles. The van der Waals surface area contributed by atoms with Gasteiger partial charge in [0.25, 0.3) is 0 Å². The third-order valence-electron chi connectivity index (χ3n) is 2.80. The first-order valence-electron chi connectivity index (χ1n) is 5.15. The van der Waals surface area contributed by atoms with Crippen LogP contribution in [0.2, 0.25) is 0 Å². The normalized spacial score (nSPS) is 29.5. The standard InChI is InChI=1S/C11H15NO2/c1-2-14-10(13)8-11(9-4-5-9)6-3-7-12-11/h3,6-7,9H,2,4-5,8H2,1H3. The molecule has 0 amide bonds. The molecule has 1 aliphatic heterocycles. The fourth-order valence-corrected chi connectivity index (χ4v) is 1.95. The maximum absolute atomic E-state index is 11.4. The minimum atomic E-state index is -0.258. The number of rotatable bonds is 4. The number of carbonyl (C=O) groups is 1. The molecule has 3 heteroatoms. The smallest absolute Gasteiger partial charge is 0.308 e. The van der Waals surface area contributed by atoms with Crippen molar-refractivity contribution in [3.05, 3.63) is 12.2 Å². The van der Waals surface area contributed by atoms with Gasteiger partial charge in [-0.25, -0.2) is 0 Å². The lowest BCUT2D eigenvalue weighted by Crippen LogP contribution is -2.29. The van der Waals surface area contributed by atoms with E-state index in [9.17, 15) is 4.79 Å². The first kappa shape index (κ1) is 9.44. The maximum atomic E-state index is 11.4. The lowest BCUT2D eigenvalue weighted by molar-refractivity contribution is -0.144. The van der Waals surface area contributed by atoms with E-state index in [0.29, 0.717) is 18.9 Å². The number of allylic oxidation sites excluding steroid dienone is 1. The van der Waals surface area contributed by atoms with Crippen molar-refractivity contribution >= 4 is 12.2 Å². The molecule has 0 saturated heterocycles. The summed E-state index contributed by atoms with van der Waals surface area (Å²) in [6, 6.07) is 0. The second-order valence-corrected chi connectivity index (χ2v) is 3.88. The van der Waals surface area contributed by atoms with Gasteiger partial charge in [0.05, 0.1) is 18.6 Å². The third-order valence-corrected chi connectivity index (χ3v) is 2.80. The van der Waals surface area contributed by atoms with Crippen LogP contribution < -0.4 is 0 Å². The Kier molecular flexibility index (Phi) is 2.40. The molecule has 3 nitrogen and oxygen atoms in total. The SMILES string of the molecule is CCOC(=O)CC1(C2CC2)C=CC=N1. The molecular weight excluding hydrogens is 178 g/mol. The second-order valence-electron chi connectivity index (χ2n) is 3.88. The van der Waals surface area contributed by atoms with Gasteiger partial charge in [-0.3, -0.25) is 9.79 Å². The molecule has 1 atom stereocenters. The Bertz CT molecular complexity index is 278. The van der Waals surface area contributed by atoms with Crippen molar-refractivity contribution in [1.82, 2.24) is 0 Å². The molecule has 2 aliphatic rings. The van der Waals surface area contributed by atoms with Gasteiger partial charge in [0.15, 0.2) is 0 Å². The van der Waals surface area contributed by atoms with Crippen LogP contribution >= 0.6 is 0 Å². The summed E-state index contributed by atoms with van der Waals surface area (Å²) in [6.07, 6.45) is 8.53. The second kappa shape index (κ2) is 3.56. The zero-order valence-electron chi connectivity index (χ0n) is 8.40. The molecular formula is C11H15NO2. The van der Waals surface area contributed by atoms with Crippen LogP contribution in [-0.2, 0) is 9.53 Å². The number of hydrogen-bond donors (Lipinski definition) is 0. The summed E-state index contributed by atoms with van der Waals surface area (Å²) < 4.78 is 4.96. The van der Waals surface area contributed by atoms with Crippen molar-refractivity contribution in [3.63, 3.8) is 0 Å². The van der Waals surface area contributed by atoms with Crippen LogP contribution in [0, 0.1) is 5.92 Å². The first-order chi connectivity index (χ1) is 6.77. The minimum Gasteiger partial charge on any atom is -0.466 e. The van der Waals surface area contributed by atoms with Crippen LogP contribution in [0.25, 0.3) is 0 Å². The van der Waals surface area contributed by atoms with E-state index in [0.717, 1.165) is 0 Å². The predicted octanol–water partition coefficient (Wildman–Crippen LogP) is 1.73. The fraction of sp³-hybridized carbons (Fsp3) is 0.636. The van der Waals surface area contributed by atoms with Crippen molar-refractivity contribution in [1.29, 1.82) is 0 Å². The highest BCUT2D eigenvalue weighted by Crippen LogP contribution is 2.46. The van der Waals surface area contributed by atoms with E-state index in [1.807, 2.05) is 19.1 Å². The lowest BCUT2D eigenvalue weighted by atomic mass is 9.91. The molecule has 0 bridgehead atoms. The Balaban J connectivity index is 2.01. The van der Waals surface area contributed by atoms with Crippen LogP contribution in [0.15, 0.2) is 17.1 Å². The summed E-state index contributed by atoms with van der Waals surface area (Å²) in [5.41, 5.74) is -0.258. The van der Waals surface area contributed by atoms with Crippen molar-refractivity contribution in [2.45, 2.75) is 31.7 Å². The molecule has 1 saturated carbocycles. The topological polar surface area (TPSA) is 38.7 Å². The van der Waals surface area contributed by atoms with Gasteiger partial charge in [-0.15, -0.1) is 0 Å². The molecule has 1 fully saturated rings. The van der Waals surface area contributed by atoms with E-state index in [-0.39, 0.29) is 11.5 Å². The monoisotopic (exact) mass is 193 g/mol. The molecule has 0 aromatic carbocycles. The van der Waals surface area contributed by atoms with Gasteiger partial charge >= 0.3 is 5.97 Å². The zero-order valence-corrected chi connectivity index (χ0v) is 8.40. The highest BCUT2D eigenvalue weighted by atomic mass is 16.5. The van der Waals surface area contributed by atoms with E-state index < -0.39 is 0 Å². The highest BCUT2D eigenvalue weighted by molar-refractivity contribution is 5.79. The summed E-state index contributed by atoms with van der Waals surface area (Å²) in [7, 11) is 0. The van der Waals surface area contributed by atoms with Crippen molar-refractivity contribution in [2.75, 3.05) is 6.61 Å². The predicted molar refractivity (Wildman–Crippen MR) is 54.3 cm³/mol. The molecule has 0 N–H and O–H groups in total. The number of carbonyl (C=O) groups excluding carboxylic acids is 1. The quantitative estimate of drug-likeness (QED) is 0.638. The van der Waals surface area contributed by atoms with E-state index in [2.05, 4.69) is 4.99 Å². The Hall–Kier alpha value is -1.12. The van der Waals surface area contributed by atoms with E-state index in [1.54, 1.807) is 6.21 Å². The van der Waals surface area contributed by atoms with Crippen molar-refractivity contribution in [2.24, 2.45) is 10.9 Å². The van der Waals surface area contributed by atoms with Crippen molar-refractivity contribution < 1.29 is 9.53 Å². The lowest BCUT2D eigenvalue weighted by Gasteiger charge is -2.22. The number of hydrogen-bond acceptors (Lipinski definition) is 3. The Morgan fingerprint density at radius 1 is 1.64 bits per heavy atom. The van der Waals surface area contributed by atoms with Gasteiger partial charge < -0.3 is 4.74 Å². The molecule has 1 unspecified atom stereocenters. The van der Waals surface area contributed by atoms with Crippen LogP contribution in [0.5, 0.6) is 0 Å². The van der Waals surface area contributed by atoms with Crippen LogP contribution in [0.4, 0.5) is 0 Å². The molecule has 0 radical (unpaired) electrons. The summed E-state index contributed by atoms with van der Waals surface area (Å²) in [5.74, 6) is 0.421. The van der Waals surface area contributed by atoms with Gasteiger partial charge in [0.2, 0.25) is 0 Å². The van der Waals surface area contributed by atoms with Crippen LogP contribution in [0.1, 0.15) is 26.2 Å². The van der Waals surface area contributed by atoms with Crippen LogP contribution in [0.3, 0.4) is 0 Å². The number of esters is 1. The summed E-state index contributed by atoms with van der Waals surface area (Å²) >= 11 is 0. The average Bonchev–Trinajstić information content (AvgIpc) is 2.90. The van der Waals surface area contributed by atoms with Gasteiger partial charge in [0.1, 0.15) is 0 Å². The highest BCUT2D eigenvalue weighted by Gasteiger charge is 2.45. The number of ether oxygens (including phenoxy) is 1. The largest absolute Gasteiger partial charge is 0.466 e. The van der Waals surface area contributed by atoms with Gasteiger partial charge in [-0.1, -0.05) is 6.08 Å². The Labute approximate surface area is 83.9 Å². The number of aliphatic imine (C=N–C) groups is 1. The summed E-state index contributed by atoms with van der Waals surface area (Å²) in [5, 5.41) is 0. The Morgan fingerprint density at radius 2 is 2.43 bits per heavy atom. The van der Waals surface area contributed by atoms with Crippen molar-refractivity contribution in [3.8, 4) is 0 Å². The van der Waals surface area contributed by atoms with Gasteiger partial charge in [0, 0.05) is 6.21 Å². The fourth-order valence-electron chi connectivity index (χ4n) is 1.95. The Morgan fingerprint density at radius 3 is 2.93 bits per heavy atom. The van der Waals surface area contributed by atoms with Crippen LogP contribution in [-0.4, -0.2) is 24.3 Å². The molecule has 2 rings (SSSR count). The van der Waals surface area contributed by atoms with E-state index in [4.69, 9.17) is 4.74 Å². The molecule has 1 heterocycles. The van der Waals surface area contributed by atoms with E-state index in [1.165, 1.54) is 12.8 Å². The first-order valence-corrected chi connectivity index (χ1v) is 5.15. The third kappa shape index (κ3) is 1.72. The van der Waals surface area contributed by atoms with Gasteiger partial charge in [-0.2, -0.15) is 0 Å². The minimum absolute atomic E-state index is 0.136. The van der Waals surface area contributed by atoms with Gasteiger partial charge in [-0.05, 0) is 31.8 Å². The zero-order chi connectivity index (χ0) is 10.0. The average molecular weight is 193 g/mol. The molecule has 0 aromatic rings. The molecule has 76 valence electrons. The summed E-state index contributed by atoms with van der Waals surface area (Å²) in [4.78, 5) is 15.8. The molecule has 1 aliphatic carbocycles. The molecule has 0 spiro atoms. The van der Waals surface area contributed by atoms with E-state index >= 15 is 0 Å². The molecule has 14 heavy (non-hydrogen) atoms. The summed E-state index contributed by atoms with van der Waals surface area (Å²) in [6.45, 7) is 2.28. The maximum Gasteiger partial charge on any atom is 0.308 e. The number of nitrogens with zero attached hydrogens (tertiary/aromatic N) is 1.